The Morgan fingerprint density at radius 1 is 1.17 bits per heavy atom. The molecule has 1 amide bonds. The van der Waals surface area contributed by atoms with Gasteiger partial charge < -0.3 is 10.2 Å². The van der Waals surface area contributed by atoms with E-state index in [0.29, 0.717) is 24.0 Å². The Morgan fingerprint density at radius 2 is 1.86 bits per heavy atom. The maximum atomic E-state index is 12.7. The van der Waals surface area contributed by atoms with Gasteiger partial charge in [-0.3, -0.25) is 4.79 Å². The predicted octanol–water partition coefficient (Wildman–Crippen LogP) is 2.44. The molecular weight excluding hydrogens is 408 g/mol. The first-order valence-electron chi connectivity index (χ1n) is 10.3. The number of aromatic nitrogens is 1. The van der Waals surface area contributed by atoms with Crippen LogP contribution in [-0.2, 0) is 14.8 Å². The summed E-state index contributed by atoms with van der Waals surface area (Å²) in [6.45, 7) is 8.87. The lowest BCUT2D eigenvalue weighted by Gasteiger charge is -2.31. The minimum atomic E-state index is -3.51. The number of amides is 1. The van der Waals surface area contributed by atoms with Gasteiger partial charge in [0, 0.05) is 38.4 Å². The van der Waals surface area contributed by atoms with Crippen molar-refractivity contribution < 1.29 is 13.2 Å². The van der Waals surface area contributed by atoms with Crippen LogP contribution >= 0.6 is 11.8 Å². The summed E-state index contributed by atoms with van der Waals surface area (Å²) in [7, 11) is -1.52. The zero-order valence-electron chi connectivity index (χ0n) is 17.9. The van der Waals surface area contributed by atoms with E-state index in [9.17, 15) is 13.2 Å². The van der Waals surface area contributed by atoms with Crippen molar-refractivity contribution in [2.24, 2.45) is 5.92 Å². The molecule has 2 rings (SSSR count). The molecule has 1 saturated heterocycles. The molecule has 1 aromatic heterocycles. The number of hydrogen-bond acceptors (Lipinski definition) is 6. The number of rotatable bonds is 10. The van der Waals surface area contributed by atoms with E-state index in [2.05, 4.69) is 29.0 Å². The number of nitrogens with zero attached hydrogens (tertiary/aromatic N) is 3. The smallest absolute Gasteiger partial charge is 0.244 e. The normalized spacial score (nSPS) is 17.4. The van der Waals surface area contributed by atoms with Gasteiger partial charge in [-0.2, -0.15) is 4.31 Å². The predicted molar refractivity (Wildman–Crippen MR) is 118 cm³/mol. The van der Waals surface area contributed by atoms with E-state index in [1.807, 2.05) is 14.0 Å². The Morgan fingerprint density at radius 3 is 2.45 bits per heavy atom. The molecule has 9 heteroatoms. The fourth-order valence-corrected chi connectivity index (χ4v) is 5.16. The molecule has 0 bridgehead atoms. The quantitative estimate of drug-likeness (QED) is 0.561. The van der Waals surface area contributed by atoms with Gasteiger partial charge in [0.2, 0.25) is 15.9 Å². The zero-order valence-corrected chi connectivity index (χ0v) is 19.6. The summed E-state index contributed by atoms with van der Waals surface area (Å²) in [5.41, 5.74) is 0. The van der Waals surface area contributed by atoms with Crippen LogP contribution in [0.3, 0.4) is 0 Å². The van der Waals surface area contributed by atoms with Gasteiger partial charge in [-0.05, 0) is 38.4 Å². The first-order chi connectivity index (χ1) is 13.7. The number of pyridine rings is 1. The molecule has 1 N–H and O–H groups in total. The van der Waals surface area contributed by atoms with Crippen LogP contribution in [0.15, 0.2) is 28.3 Å². The van der Waals surface area contributed by atoms with Crippen LogP contribution in [0.1, 0.15) is 40.0 Å². The molecular formula is C20H34N4O3S2. The summed E-state index contributed by atoms with van der Waals surface area (Å²) in [6.07, 6.45) is 4.65. The van der Waals surface area contributed by atoms with E-state index in [1.54, 1.807) is 12.1 Å². The molecule has 164 valence electrons. The van der Waals surface area contributed by atoms with Crippen LogP contribution in [0, 0.1) is 5.92 Å². The van der Waals surface area contributed by atoms with Crippen LogP contribution in [0.4, 0.5) is 0 Å². The number of nitrogens with one attached hydrogen (secondary N) is 1. The monoisotopic (exact) mass is 442 g/mol. The lowest BCUT2D eigenvalue weighted by molar-refractivity contribution is -0.119. The second-order valence-electron chi connectivity index (χ2n) is 8.12. The Kier molecular flexibility index (Phi) is 9.39. The molecule has 2 heterocycles. The Labute approximate surface area is 179 Å². The summed E-state index contributed by atoms with van der Waals surface area (Å²) in [5.74, 6) is 0.928. The first kappa shape index (κ1) is 24.1. The van der Waals surface area contributed by atoms with E-state index in [0.717, 1.165) is 25.9 Å². The third-order valence-electron chi connectivity index (χ3n) is 4.99. The van der Waals surface area contributed by atoms with Crippen molar-refractivity contribution in [2.75, 3.05) is 39.0 Å². The minimum Gasteiger partial charge on any atom is -0.353 e. The third kappa shape index (κ3) is 7.88. The summed E-state index contributed by atoms with van der Waals surface area (Å²) in [4.78, 5) is 18.7. The molecule has 0 aromatic carbocycles. The van der Waals surface area contributed by atoms with Gasteiger partial charge in [-0.15, -0.1) is 0 Å². The number of carbonyl (C=O) groups is 1. The highest BCUT2D eigenvalue weighted by molar-refractivity contribution is 7.99. The highest BCUT2D eigenvalue weighted by Gasteiger charge is 2.27. The van der Waals surface area contributed by atoms with Crippen molar-refractivity contribution in [3.8, 4) is 0 Å². The van der Waals surface area contributed by atoms with Gasteiger partial charge in [0.25, 0.3) is 0 Å². The number of likely N-dealkylation sites (N-methyl/N-ethyl adjacent to an activating group) is 1. The Bertz CT molecular complexity index is 745. The first-order valence-corrected chi connectivity index (χ1v) is 12.7. The summed E-state index contributed by atoms with van der Waals surface area (Å²) in [6, 6.07) is 3.41. The van der Waals surface area contributed by atoms with E-state index in [4.69, 9.17) is 0 Å². The molecule has 29 heavy (non-hydrogen) atoms. The Balaban J connectivity index is 1.80. The van der Waals surface area contributed by atoms with Crippen LogP contribution in [-0.4, -0.2) is 73.5 Å². The second kappa shape index (κ2) is 11.3. The highest BCUT2D eigenvalue weighted by Crippen LogP contribution is 2.20. The molecule has 1 fully saturated rings. The molecule has 1 aliphatic heterocycles. The number of piperazine rings is 1. The number of carbonyl (C=O) groups excluding carboxylic acids is 1. The molecule has 1 atom stereocenters. The van der Waals surface area contributed by atoms with Crippen molar-refractivity contribution >= 4 is 27.7 Å². The maximum Gasteiger partial charge on any atom is 0.244 e. The van der Waals surface area contributed by atoms with E-state index >= 15 is 0 Å². The average molecular weight is 443 g/mol. The van der Waals surface area contributed by atoms with Gasteiger partial charge in [0.1, 0.15) is 4.90 Å². The van der Waals surface area contributed by atoms with Crippen molar-refractivity contribution in [1.29, 1.82) is 0 Å². The zero-order chi connectivity index (χ0) is 21.4. The van der Waals surface area contributed by atoms with Crippen LogP contribution in [0.25, 0.3) is 0 Å². The number of thioether (sulfide) groups is 1. The second-order valence-corrected chi connectivity index (χ2v) is 11.1. The maximum absolute atomic E-state index is 12.7. The van der Waals surface area contributed by atoms with Gasteiger partial charge in [-0.25, -0.2) is 13.4 Å². The minimum absolute atomic E-state index is 0.0250. The number of sulfonamides is 1. The van der Waals surface area contributed by atoms with E-state index in [1.165, 1.54) is 28.7 Å². The molecule has 1 aliphatic rings. The van der Waals surface area contributed by atoms with E-state index < -0.39 is 10.0 Å². The molecule has 0 saturated carbocycles. The third-order valence-corrected chi connectivity index (χ3v) is 7.81. The molecule has 0 radical (unpaired) electrons. The van der Waals surface area contributed by atoms with Gasteiger partial charge in [0.15, 0.2) is 0 Å². The van der Waals surface area contributed by atoms with Crippen molar-refractivity contribution in [1.82, 2.24) is 19.5 Å². The molecule has 0 aliphatic carbocycles. The molecule has 1 aromatic rings. The highest BCUT2D eigenvalue weighted by atomic mass is 32.2. The number of hydrogen-bond donors (Lipinski definition) is 1. The standard InChI is InChI=1S/C20H34N4O3S2/c1-16(2)6-5-7-17(3)22-19(25)15-28-20-9-8-18(14-21-20)29(26,27)24-12-10-23(4)11-13-24/h8-9,14,16-17H,5-7,10-13,15H2,1-4H3,(H,22,25). The largest absolute Gasteiger partial charge is 0.353 e. The fourth-order valence-electron chi connectivity index (χ4n) is 3.14. The van der Waals surface area contributed by atoms with Crippen LogP contribution < -0.4 is 5.32 Å². The summed E-state index contributed by atoms with van der Waals surface area (Å²) < 4.78 is 26.9. The molecule has 1 unspecified atom stereocenters. The van der Waals surface area contributed by atoms with Gasteiger partial charge in [0.05, 0.1) is 10.8 Å². The van der Waals surface area contributed by atoms with Crippen LogP contribution in [0.5, 0.6) is 0 Å². The van der Waals surface area contributed by atoms with Crippen molar-refractivity contribution in [3.05, 3.63) is 18.3 Å². The molecule has 0 spiro atoms. The van der Waals surface area contributed by atoms with Gasteiger partial charge in [-0.1, -0.05) is 38.5 Å². The molecule has 7 nitrogen and oxygen atoms in total. The topological polar surface area (TPSA) is 82.6 Å². The van der Waals surface area contributed by atoms with Crippen molar-refractivity contribution in [2.45, 2.75) is 56.0 Å². The Hall–Kier alpha value is -1.16. The van der Waals surface area contributed by atoms with E-state index in [-0.39, 0.29) is 22.6 Å². The fraction of sp³-hybridized carbons (Fsp3) is 0.700. The van der Waals surface area contributed by atoms with Gasteiger partial charge >= 0.3 is 0 Å². The van der Waals surface area contributed by atoms with Crippen LogP contribution in [0.2, 0.25) is 0 Å². The average Bonchev–Trinajstić information content (AvgIpc) is 2.66. The summed E-state index contributed by atoms with van der Waals surface area (Å²) in [5, 5.41) is 3.66. The summed E-state index contributed by atoms with van der Waals surface area (Å²) >= 11 is 1.32. The lowest BCUT2D eigenvalue weighted by atomic mass is 10.0. The SMILES string of the molecule is CC(C)CCCC(C)NC(=O)CSc1ccc(S(=O)(=O)N2CCN(C)CC2)cn1. The lowest BCUT2D eigenvalue weighted by Crippen LogP contribution is -2.47. The van der Waals surface area contributed by atoms with Crippen molar-refractivity contribution in [3.63, 3.8) is 0 Å².